The van der Waals surface area contributed by atoms with Crippen molar-refractivity contribution < 1.29 is 19.0 Å². The summed E-state index contributed by atoms with van der Waals surface area (Å²) in [4.78, 5) is 13.1. The van der Waals surface area contributed by atoms with Gasteiger partial charge >= 0.3 is 5.97 Å². The minimum absolute atomic E-state index is 0.0907. The van der Waals surface area contributed by atoms with Crippen LogP contribution in [-0.2, 0) is 28.0 Å². The molecule has 0 N–H and O–H groups in total. The summed E-state index contributed by atoms with van der Waals surface area (Å²) in [6, 6.07) is 22.7. The topological polar surface area (TPSA) is 44.8 Å². The van der Waals surface area contributed by atoms with Gasteiger partial charge in [0.15, 0.2) is 0 Å². The normalized spacial score (nSPS) is 18.4. The Morgan fingerprint density at radius 3 is 2.15 bits per heavy atom. The Morgan fingerprint density at radius 1 is 0.879 bits per heavy atom. The number of aryl methyl sites for hydroxylation is 1. The van der Waals surface area contributed by atoms with Gasteiger partial charge in [-0.05, 0) is 66.4 Å². The van der Waals surface area contributed by atoms with Gasteiger partial charge in [0.05, 0.1) is 6.61 Å². The molecule has 0 bridgehead atoms. The zero-order valence-electron chi connectivity index (χ0n) is 18.6. The fraction of sp³-hybridized carbons (Fsp3) is 0.296. The van der Waals surface area contributed by atoms with Crippen LogP contribution in [0.5, 0.6) is 17.2 Å². The van der Waals surface area contributed by atoms with Gasteiger partial charge in [0.2, 0.25) is 0 Å². The molecule has 1 unspecified atom stereocenters. The molecule has 4 rings (SSSR count). The summed E-state index contributed by atoms with van der Waals surface area (Å²) in [6.45, 7) is 4.68. The van der Waals surface area contributed by atoms with Crippen LogP contribution in [0, 0.1) is 0 Å². The van der Waals surface area contributed by atoms with Crippen LogP contribution in [0.25, 0.3) is 0 Å². The van der Waals surface area contributed by atoms with E-state index in [0.717, 1.165) is 23.5 Å². The van der Waals surface area contributed by atoms with Gasteiger partial charge in [-0.15, -0.1) is 0 Å². The number of halogens is 2. The number of hydrogen-bond donors (Lipinski definition) is 0. The molecule has 0 aliphatic heterocycles. The van der Waals surface area contributed by atoms with E-state index in [-0.39, 0.29) is 6.61 Å². The molecule has 0 heterocycles. The average molecular weight is 485 g/mol. The summed E-state index contributed by atoms with van der Waals surface area (Å²) in [5, 5.41) is 0. The molecule has 3 aromatic carbocycles. The maximum atomic E-state index is 13.1. The summed E-state index contributed by atoms with van der Waals surface area (Å²) in [7, 11) is 0. The third-order valence-electron chi connectivity index (χ3n) is 5.83. The van der Waals surface area contributed by atoms with Crippen LogP contribution in [0.1, 0.15) is 37.0 Å². The monoisotopic (exact) mass is 484 g/mol. The molecule has 33 heavy (non-hydrogen) atoms. The number of ether oxygens (including phenoxy) is 3. The first-order chi connectivity index (χ1) is 15.9. The second-order valence-corrected chi connectivity index (χ2v) is 9.55. The average Bonchev–Trinajstić information content (AvgIpc) is 3.42. The first-order valence-electron chi connectivity index (χ1n) is 11.0. The van der Waals surface area contributed by atoms with Crippen LogP contribution >= 0.6 is 23.2 Å². The predicted octanol–water partition coefficient (Wildman–Crippen LogP) is 7.00. The molecular weight excluding hydrogens is 459 g/mol. The van der Waals surface area contributed by atoms with Crippen molar-refractivity contribution in [2.75, 3.05) is 6.61 Å². The molecule has 1 fully saturated rings. The summed E-state index contributed by atoms with van der Waals surface area (Å²) in [5.74, 6) is 1.70. The van der Waals surface area contributed by atoms with Crippen molar-refractivity contribution in [3.05, 3.63) is 89.5 Å². The Morgan fingerprint density at radius 2 is 1.55 bits per heavy atom. The Balaban J connectivity index is 1.43. The molecule has 0 amide bonds. The number of esters is 1. The molecule has 6 heteroatoms. The SMILES string of the molecule is CCOc1ccc(C2(C(=O)OCc3cccc(Oc4ccc(CC)cc4)c3)CC2(Cl)Cl)cc1. The maximum Gasteiger partial charge on any atom is 0.320 e. The van der Waals surface area contributed by atoms with Gasteiger partial charge < -0.3 is 14.2 Å². The molecule has 0 aromatic heterocycles. The highest BCUT2D eigenvalue weighted by Gasteiger charge is 2.73. The van der Waals surface area contributed by atoms with E-state index in [9.17, 15) is 4.79 Å². The second kappa shape index (κ2) is 9.66. The van der Waals surface area contributed by atoms with Crippen LogP contribution in [0.3, 0.4) is 0 Å². The predicted molar refractivity (Wildman–Crippen MR) is 130 cm³/mol. The fourth-order valence-corrected chi connectivity index (χ4v) is 4.62. The molecule has 0 saturated heterocycles. The Hall–Kier alpha value is -2.69. The van der Waals surface area contributed by atoms with Gasteiger partial charge in [-0.25, -0.2) is 0 Å². The standard InChI is InChI=1S/C27H26Cl2O4/c1-3-19-8-12-23(13-9-19)33-24-7-5-6-20(16-24)17-32-25(30)26(18-27(26,28)29)21-10-14-22(15-11-21)31-4-2/h5-16H,3-4,17-18H2,1-2H3. The Labute approximate surface area is 204 Å². The molecule has 4 nitrogen and oxygen atoms in total. The van der Waals surface area contributed by atoms with E-state index >= 15 is 0 Å². The van der Waals surface area contributed by atoms with Crippen LogP contribution < -0.4 is 9.47 Å². The van der Waals surface area contributed by atoms with E-state index in [1.807, 2.05) is 79.7 Å². The molecule has 1 aliphatic rings. The van der Waals surface area contributed by atoms with Crippen LogP contribution in [0.15, 0.2) is 72.8 Å². The van der Waals surface area contributed by atoms with Crippen molar-refractivity contribution in [2.45, 2.75) is 43.0 Å². The Kier molecular flexibility index (Phi) is 6.87. The number of carbonyl (C=O) groups is 1. The zero-order valence-corrected chi connectivity index (χ0v) is 20.2. The molecule has 3 aromatic rings. The van der Waals surface area contributed by atoms with E-state index in [1.165, 1.54) is 5.56 Å². The number of carbonyl (C=O) groups excluding carboxylic acids is 1. The lowest BCUT2D eigenvalue weighted by atomic mass is 9.96. The minimum atomic E-state index is -1.20. The maximum absolute atomic E-state index is 13.1. The van der Waals surface area contributed by atoms with Crippen molar-refractivity contribution in [1.29, 1.82) is 0 Å². The van der Waals surface area contributed by atoms with Gasteiger partial charge in [0.25, 0.3) is 0 Å². The van der Waals surface area contributed by atoms with Crippen molar-refractivity contribution in [3.63, 3.8) is 0 Å². The third-order valence-corrected chi connectivity index (χ3v) is 6.74. The van der Waals surface area contributed by atoms with Crippen molar-refractivity contribution in [2.24, 2.45) is 0 Å². The lowest BCUT2D eigenvalue weighted by Crippen LogP contribution is -2.28. The van der Waals surface area contributed by atoms with E-state index < -0.39 is 15.7 Å². The van der Waals surface area contributed by atoms with Crippen molar-refractivity contribution in [3.8, 4) is 17.2 Å². The number of benzene rings is 3. The zero-order chi connectivity index (χ0) is 23.5. The molecule has 172 valence electrons. The van der Waals surface area contributed by atoms with Crippen LogP contribution in [0.4, 0.5) is 0 Å². The van der Waals surface area contributed by atoms with E-state index in [4.69, 9.17) is 37.4 Å². The molecular formula is C27H26Cl2O4. The van der Waals surface area contributed by atoms with Gasteiger partial charge in [0.1, 0.15) is 33.6 Å². The fourth-order valence-electron chi connectivity index (χ4n) is 3.84. The molecule has 0 radical (unpaired) electrons. The van der Waals surface area contributed by atoms with E-state index in [0.29, 0.717) is 24.3 Å². The van der Waals surface area contributed by atoms with E-state index in [2.05, 4.69) is 6.92 Å². The Bertz CT molecular complexity index is 1110. The summed E-state index contributed by atoms with van der Waals surface area (Å²) < 4.78 is 15.9. The smallest absolute Gasteiger partial charge is 0.320 e. The third kappa shape index (κ3) is 4.97. The largest absolute Gasteiger partial charge is 0.494 e. The van der Waals surface area contributed by atoms with Crippen molar-refractivity contribution in [1.82, 2.24) is 0 Å². The van der Waals surface area contributed by atoms with Crippen LogP contribution in [-0.4, -0.2) is 16.9 Å². The first kappa shape index (κ1) is 23.5. The lowest BCUT2D eigenvalue weighted by Gasteiger charge is -2.18. The molecule has 0 spiro atoms. The van der Waals surface area contributed by atoms with Gasteiger partial charge in [-0.1, -0.05) is 66.5 Å². The highest BCUT2D eigenvalue weighted by atomic mass is 35.5. The highest BCUT2D eigenvalue weighted by Crippen LogP contribution is 2.65. The number of alkyl halides is 2. The molecule has 1 atom stereocenters. The van der Waals surface area contributed by atoms with Gasteiger partial charge in [-0.3, -0.25) is 4.79 Å². The highest BCUT2D eigenvalue weighted by molar-refractivity contribution is 6.54. The minimum Gasteiger partial charge on any atom is -0.494 e. The van der Waals surface area contributed by atoms with Crippen molar-refractivity contribution >= 4 is 29.2 Å². The summed E-state index contributed by atoms with van der Waals surface area (Å²) in [5.41, 5.74) is 1.69. The summed E-state index contributed by atoms with van der Waals surface area (Å²) >= 11 is 12.9. The van der Waals surface area contributed by atoms with Crippen LogP contribution in [0.2, 0.25) is 0 Å². The quantitative estimate of drug-likeness (QED) is 0.242. The first-order valence-corrected chi connectivity index (χ1v) is 11.8. The van der Waals surface area contributed by atoms with Gasteiger partial charge in [0, 0.05) is 6.42 Å². The van der Waals surface area contributed by atoms with Gasteiger partial charge in [-0.2, -0.15) is 0 Å². The number of rotatable bonds is 9. The lowest BCUT2D eigenvalue weighted by molar-refractivity contribution is -0.148. The molecule has 1 aliphatic carbocycles. The summed E-state index contributed by atoms with van der Waals surface area (Å²) in [6.07, 6.45) is 1.28. The second-order valence-electron chi connectivity index (χ2n) is 8.07. The van der Waals surface area contributed by atoms with E-state index in [1.54, 1.807) is 0 Å². The molecule has 1 saturated carbocycles. The number of hydrogen-bond acceptors (Lipinski definition) is 4.